The molecule has 13 heterocycles. The number of benzene rings is 2. The van der Waals surface area contributed by atoms with Crippen LogP contribution in [-0.4, -0.2) is 181 Å². The summed E-state index contributed by atoms with van der Waals surface area (Å²) >= 11 is 46.1. The molecule has 0 bridgehead atoms. The van der Waals surface area contributed by atoms with Crippen LogP contribution in [0.1, 0.15) is 102 Å². The Morgan fingerprint density at radius 2 is 1.05 bits per heavy atom. The first-order valence-electron chi connectivity index (χ1n) is 37.6. The fraction of sp³-hybridized carbons (Fsp3) is 0.302. The maximum Gasteiger partial charge on any atom is 0.494 e. The number of ether oxygens (including phenoxy) is 6. The largest absolute Gasteiger partial charge is 0.494 e. The molecule has 650 valence electrons. The summed E-state index contributed by atoms with van der Waals surface area (Å²) in [6.07, 6.45) is 13.8. The normalized spacial score (nSPS) is 14.0. The number of nitriles is 2. The van der Waals surface area contributed by atoms with Crippen molar-refractivity contribution in [1.82, 2.24) is 44.6 Å². The molecule has 0 atom stereocenters. The van der Waals surface area contributed by atoms with Gasteiger partial charge in [-0.2, -0.15) is 10.5 Å². The van der Waals surface area contributed by atoms with E-state index in [0.29, 0.717) is 152 Å². The molecule has 38 heteroatoms. The fourth-order valence-corrected chi connectivity index (χ4v) is 14.0. The lowest BCUT2D eigenvalue weighted by molar-refractivity contribution is -0.124. The second-order valence-electron chi connectivity index (χ2n) is 29.2. The van der Waals surface area contributed by atoms with E-state index >= 15 is 0 Å². The zero-order valence-electron chi connectivity index (χ0n) is 69.4. The van der Waals surface area contributed by atoms with Gasteiger partial charge in [0.25, 0.3) is 17.7 Å². The van der Waals surface area contributed by atoms with Crippen LogP contribution < -0.4 is 19.7 Å². The zero-order chi connectivity index (χ0) is 89.6. The quantitative estimate of drug-likeness (QED) is 0.0189. The van der Waals surface area contributed by atoms with Crippen molar-refractivity contribution in [2.24, 2.45) is 0 Å². The van der Waals surface area contributed by atoms with E-state index in [1.54, 1.807) is 102 Å². The highest BCUT2D eigenvalue weighted by molar-refractivity contribution is 14.1. The molecule has 15 rings (SSSR count). The molecule has 124 heavy (non-hydrogen) atoms. The number of methoxy groups -OCH3 is 2. The van der Waals surface area contributed by atoms with Crippen LogP contribution in [0.3, 0.4) is 0 Å². The van der Waals surface area contributed by atoms with Gasteiger partial charge in [-0.05, 0) is 146 Å². The molecule has 2 aromatic carbocycles. The van der Waals surface area contributed by atoms with Gasteiger partial charge < -0.3 is 70.1 Å². The molecule has 0 unspecified atom stereocenters. The topological polar surface area (TPSA) is 336 Å². The molecule has 12 aromatic rings. The lowest BCUT2D eigenvalue weighted by Gasteiger charge is -2.32. The average molecular weight is 2070 g/mol. The van der Waals surface area contributed by atoms with Crippen LogP contribution in [0.2, 0.25) is 35.2 Å². The van der Waals surface area contributed by atoms with Gasteiger partial charge in [0.1, 0.15) is 105 Å². The maximum absolute atomic E-state index is 12.2. The number of nitrogens with zero attached hydrogens (tertiary/aromatic N) is 11. The van der Waals surface area contributed by atoms with Gasteiger partial charge in [-0.3, -0.25) is 39.7 Å². The van der Waals surface area contributed by atoms with E-state index in [-0.39, 0.29) is 70.2 Å². The standard InChI is InChI=1S/C28H27ClN4O5.C18H24BNO4.C16H13Cl2N3O3.C9H11IN2O.C8H5Cl2NO.C7H2Cl2INO.ClH/c1-16(28(34)33(2)3)11-23(35-4)26(31)24-13-21-27(38-24)25(20(29)15-32-21)17-5-6-22(18(12-17)14-30)37-19-7-9-36-10-8-19;1-17(2)18(3,4)24-19(23-17)14-5-6-16(13(11-14)12-20)22-15-7-9-21-10-8-15;1-21(2)16(22)8-4-11(23-3)14(20-6-8)12-5-10-15(24-12)13(18)9(17)7-19-10;1-6-4-7(5-11-8(6)10)9(13)12(2)3;1-4-2-6-8(12-4)7(10)5(9)3-11-6;8-3-2-11-4-1-5(10)12-7(4)6(3)9;/h5-6,11-13,15,19,31H,1,7-10H2,2-4H3;5-6,11,15H,7-10H2,1-4H3;4-7H,1-3H3;4-5H,1-3H3;2-3H,1H3;1-2H;1H/b23-11+,31-26?;;;;;;. The smallest absolute Gasteiger partial charge is 0.494 e. The second-order valence-corrected chi connectivity index (χ2v) is 34.0. The Balaban J connectivity index is 0.000000178. The number of aryl methyl sites for hydroxylation is 2. The molecule has 0 radical (unpaired) electrons. The molecule has 10 aromatic heterocycles. The Morgan fingerprint density at radius 1 is 0.573 bits per heavy atom. The van der Waals surface area contributed by atoms with E-state index in [1.165, 1.54) is 61.1 Å². The minimum Gasteiger partial charge on any atom is -0.494 e. The summed E-state index contributed by atoms with van der Waals surface area (Å²) in [5.74, 6) is 2.48. The number of amides is 3. The first-order valence-corrected chi connectivity index (χ1v) is 42.4. The van der Waals surface area contributed by atoms with Crippen molar-refractivity contribution in [2.75, 3.05) is 82.9 Å². The van der Waals surface area contributed by atoms with Crippen molar-refractivity contribution in [3.8, 4) is 52.0 Å². The number of pyridine rings is 6. The lowest BCUT2D eigenvalue weighted by Crippen LogP contribution is -2.41. The van der Waals surface area contributed by atoms with E-state index in [4.69, 9.17) is 142 Å². The SMILES string of the molecule is C=C(/C=C(/OC)C(=N)c1cc2ncc(Cl)c(-c3ccc(OC4CCOCC4)c(C#N)c3)c2o1)C(=O)N(C)C.CC1(C)OB(c2ccc(OC3CCOCC3)c(C#N)c2)OC1(C)C.COc1cc(C(=O)N(C)C)cnc1-c1cc2ncc(Cl)c(Cl)c2o1.Cc1cc(C(=O)N(C)C)cnc1I.Cc1cc2ncc(Cl)c(Cl)c2o1.Cl.Clc1cnc2cc(I)oc2c1Cl. The molecule has 0 aliphatic carbocycles. The number of nitrogens with one attached hydrogen (secondary N) is 1. The predicted octanol–water partition coefficient (Wildman–Crippen LogP) is 20.7. The molecule has 3 aliphatic rings. The van der Waals surface area contributed by atoms with Gasteiger partial charge >= 0.3 is 7.12 Å². The molecule has 1 N–H and O–H groups in total. The third-order valence-corrected chi connectivity index (χ3v) is 23.4. The van der Waals surface area contributed by atoms with Gasteiger partial charge in [0, 0.05) is 141 Å². The van der Waals surface area contributed by atoms with Crippen LogP contribution in [0.25, 0.3) is 67.0 Å². The molecule has 0 saturated carbocycles. The van der Waals surface area contributed by atoms with Crippen molar-refractivity contribution in [3.63, 3.8) is 0 Å². The van der Waals surface area contributed by atoms with Gasteiger partial charge in [-0.15, -0.1) is 12.4 Å². The maximum atomic E-state index is 12.2. The predicted molar refractivity (Wildman–Crippen MR) is 499 cm³/mol. The summed E-state index contributed by atoms with van der Waals surface area (Å²) in [5, 5.41) is 30.5. The van der Waals surface area contributed by atoms with E-state index in [1.807, 2.05) is 65.8 Å². The summed E-state index contributed by atoms with van der Waals surface area (Å²) < 4.78 is 69.6. The number of hydrogen-bond acceptors (Lipinski definition) is 24. The molecule has 27 nitrogen and oxygen atoms in total. The molecule has 3 fully saturated rings. The average Bonchev–Trinajstić information content (AvgIpc) is 1.62. The number of likely N-dealkylation sites (N-methyl/N-ethyl adjacent to an activating group) is 1. The molecule has 3 saturated heterocycles. The number of aromatic nitrogens is 6. The first kappa shape index (κ1) is 98.7. The van der Waals surface area contributed by atoms with Crippen LogP contribution in [0.15, 0.2) is 152 Å². The van der Waals surface area contributed by atoms with Gasteiger partial charge in [-0.25, -0.2) is 9.97 Å². The van der Waals surface area contributed by atoms with E-state index in [2.05, 4.69) is 93.8 Å². The number of halogens is 10. The van der Waals surface area contributed by atoms with Crippen LogP contribution in [0.5, 0.6) is 17.2 Å². The number of carbonyl (C=O) groups is 3. The van der Waals surface area contributed by atoms with Crippen molar-refractivity contribution < 1.29 is 69.8 Å². The van der Waals surface area contributed by atoms with E-state index < -0.39 is 18.3 Å². The zero-order valence-corrected chi connectivity index (χ0v) is 79.8. The number of fused-ring (bicyclic) bond motifs is 4. The highest BCUT2D eigenvalue weighted by Gasteiger charge is 2.52. The third kappa shape index (κ3) is 24.2. The fourth-order valence-electron chi connectivity index (χ4n) is 12.0. The Kier molecular flexibility index (Phi) is 34.9. The third-order valence-electron chi connectivity index (χ3n) is 19.2. The van der Waals surface area contributed by atoms with Crippen LogP contribution in [0.4, 0.5) is 0 Å². The minimum absolute atomic E-state index is 0. The summed E-state index contributed by atoms with van der Waals surface area (Å²) in [4.78, 5) is 65.2. The molecule has 3 aliphatic heterocycles. The van der Waals surface area contributed by atoms with Crippen LogP contribution in [0, 0.1) is 49.4 Å². The number of rotatable bonds is 15. The van der Waals surface area contributed by atoms with Crippen molar-refractivity contribution in [3.05, 3.63) is 216 Å². The van der Waals surface area contributed by atoms with Crippen molar-refractivity contribution in [1.29, 1.82) is 15.9 Å². The molecule has 3 amide bonds. The van der Waals surface area contributed by atoms with E-state index in [0.717, 1.165) is 61.0 Å². The molecule has 0 spiro atoms. The van der Waals surface area contributed by atoms with E-state index in [9.17, 15) is 24.9 Å². The van der Waals surface area contributed by atoms with Crippen LogP contribution in [-0.2, 0) is 28.3 Å². The molecular formula is C86H83BCl8I2N12O15. The Hall–Kier alpha value is -9.08. The van der Waals surface area contributed by atoms with Gasteiger partial charge in [0.05, 0.1) is 94.2 Å². The monoisotopic (exact) mass is 2070 g/mol. The summed E-state index contributed by atoms with van der Waals surface area (Å²) in [6, 6.07) is 25.6. The number of hydrogen-bond donors (Lipinski definition) is 1. The van der Waals surface area contributed by atoms with Crippen molar-refractivity contribution in [2.45, 2.75) is 90.6 Å². The Bertz CT molecular complexity index is 5980. The van der Waals surface area contributed by atoms with Gasteiger partial charge in [0.2, 0.25) is 0 Å². The first-order chi connectivity index (χ1) is 58.3. The minimum atomic E-state index is -0.473. The highest BCUT2D eigenvalue weighted by Crippen LogP contribution is 2.42. The van der Waals surface area contributed by atoms with Gasteiger partial charge in [0.15, 0.2) is 37.6 Å². The number of carbonyl (C=O) groups excluding carboxylic acids is 3. The van der Waals surface area contributed by atoms with Crippen LogP contribution >= 0.6 is 139 Å². The second kappa shape index (κ2) is 43.9. The summed E-state index contributed by atoms with van der Waals surface area (Å²) in [6.45, 7) is 18.3. The Labute approximate surface area is 784 Å². The molecular weight excluding hydrogens is 1990 g/mol. The Morgan fingerprint density at radius 3 is 1.56 bits per heavy atom. The lowest BCUT2D eigenvalue weighted by atomic mass is 9.78. The van der Waals surface area contributed by atoms with Gasteiger partial charge in [-0.1, -0.05) is 99.9 Å². The highest BCUT2D eigenvalue weighted by atomic mass is 127. The summed E-state index contributed by atoms with van der Waals surface area (Å²) in [7, 11) is 12.4. The summed E-state index contributed by atoms with van der Waals surface area (Å²) in [5.41, 5.74) is 8.97. The van der Waals surface area contributed by atoms with Crippen molar-refractivity contribution >= 4 is 219 Å². The number of furan rings is 4. The number of allylic oxidation sites excluding steroid dienone is 1.